The molecule has 3 fully saturated rings. The van der Waals surface area contributed by atoms with Gasteiger partial charge in [-0.05, 0) is 106 Å². The molecule has 0 bridgehead atoms. The zero-order valence-corrected chi connectivity index (χ0v) is 20.0. The van der Waals surface area contributed by atoms with Crippen molar-refractivity contribution >= 4 is 0 Å². The van der Waals surface area contributed by atoms with Gasteiger partial charge in [-0.3, -0.25) is 0 Å². The van der Waals surface area contributed by atoms with E-state index < -0.39 is 5.60 Å². The second kappa shape index (κ2) is 7.89. The fourth-order valence-corrected chi connectivity index (χ4v) is 8.66. The Labute approximate surface area is 184 Å². The molecule has 0 spiro atoms. The van der Waals surface area contributed by atoms with Gasteiger partial charge in [-0.1, -0.05) is 45.3 Å². The van der Waals surface area contributed by atoms with Crippen LogP contribution in [0.15, 0.2) is 11.6 Å². The predicted molar refractivity (Wildman–Crippen MR) is 122 cm³/mol. The first-order chi connectivity index (χ1) is 14.0. The van der Waals surface area contributed by atoms with E-state index in [9.17, 15) is 15.3 Å². The Bertz CT molecular complexity index is 664. The quantitative estimate of drug-likeness (QED) is 0.519. The number of hydrogen-bond acceptors (Lipinski definition) is 3. The van der Waals surface area contributed by atoms with E-state index in [-0.39, 0.29) is 17.6 Å². The second-order valence-corrected chi connectivity index (χ2v) is 12.7. The summed E-state index contributed by atoms with van der Waals surface area (Å²) in [7, 11) is 0. The van der Waals surface area contributed by atoms with Crippen LogP contribution in [0.5, 0.6) is 0 Å². The van der Waals surface area contributed by atoms with Crippen molar-refractivity contribution in [2.75, 3.05) is 0 Å². The van der Waals surface area contributed by atoms with Gasteiger partial charge < -0.3 is 15.3 Å². The van der Waals surface area contributed by atoms with Gasteiger partial charge in [-0.25, -0.2) is 0 Å². The summed E-state index contributed by atoms with van der Waals surface area (Å²) in [5.74, 6) is 3.01. The number of rotatable bonds is 5. The van der Waals surface area contributed by atoms with Crippen molar-refractivity contribution in [1.82, 2.24) is 0 Å². The molecule has 3 saturated carbocycles. The molecule has 0 aromatic rings. The molecule has 3 N–H and O–H groups in total. The normalized spacial score (nSPS) is 47.1. The lowest BCUT2D eigenvalue weighted by atomic mass is 9.46. The maximum absolute atomic E-state index is 11.3. The molecule has 30 heavy (non-hydrogen) atoms. The lowest BCUT2D eigenvalue weighted by molar-refractivity contribution is -0.0971. The van der Waals surface area contributed by atoms with E-state index in [1.54, 1.807) is 0 Å². The lowest BCUT2D eigenvalue weighted by Gasteiger charge is -2.59. The Balaban J connectivity index is 1.52. The Morgan fingerprint density at radius 2 is 1.80 bits per heavy atom. The van der Waals surface area contributed by atoms with Crippen molar-refractivity contribution in [1.29, 1.82) is 0 Å². The summed E-state index contributed by atoms with van der Waals surface area (Å²) in [4.78, 5) is 0. The van der Waals surface area contributed by atoms with E-state index in [2.05, 4.69) is 26.8 Å². The third-order valence-electron chi connectivity index (χ3n) is 10.3. The smallest absolute Gasteiger partial charge is 0.0757 e. The van der Waals surface area contributed by atoms with Crippen LogP contribution in [0.3, 0.4) is 0 Å². The molecular weight excluding hydrogens is 372 g/mol. The molecule has 0 heterocycles. The molecule has 0 aliphatic heterocycles. The van der Waals surface area contributed by atoms with Gasteiger partial charge in [0.2, 0.25) is 0 Å². The summed E-state index contributed by atoms with van der Waals surface area (Å²) in [6.45, 7) is 11.2. The maximum Gasteiger partial charge on any atom is 0.0757 e. The van der Waals surface area contributed by atoms with Crippen LogP contribution in [-0.2, 0) is 0 Å². The zero-order chi connectivity index (χ0) is 21.9. The highest BCUT2D eigenvalue weighted by Gasteiger charge is 2.61. The summed E-state index contributed by atoms with van der Waals surface area (Å²) in [5.41, 5.74) is 1.31. The third kappa shape index (κ3) is 3.82. The van der Waals surface area contributed by atoms with Crippen LogP contribution in [-0.4, -0.2) is 33.1 Å². The molecule has 172 valence electrons. The van der Waals surface area contributed by atoms with Crippen LogP contribution in [0.2, 0.25) is 0 Å². The van der Waals surface area contributed by atoms with E-state index in [1.165, 1.54) is 37.7 Å². The SMILES string of the molecule is CC(CCCC(C)(C)O)[C@H]1CC[C@H]2C3[C@@H](O)C=C4C[C@@H](O)CC[C@]4(C)[C@H]3CC[C@]12C. The standard InChI is InChI=1S/C27H46O3/c1-17(7-6-12-25(2,3)30)20-8-9-21-24-22(11-14-27(20,21)5)26(4)13-10-19(28)15-18(26)16-23(24)29/h16-17,19-24,28-30H,6-15H2,1-5H3/t17?,19-,20+,21-,22-,23-,24?,26-,27+/m0/s1. The minimum absolute atomic E-state index is 0.181. The van der Waals surface area contributed by atoms with Crippen molar-refractivity contribution in [3.05, 3.63) is 11.6 Å². The maximum atomic E-state index is 11.3. The highest BCUT2D eigenvalue weighted by atomic mass is 16.3. The summed E-state index contributed by atoms with van der Waals surface area (Å²) < 4.78 is 0. The Morgan fingerprint density at radius 3 is 2.50 bits per heavy atom. The third-order valence-corrected chi connectivity index (χ3v) is 10.3. The van der Waals surface area contributed by atoms with E-state index in [4.69, 9.17) is 0 Å². The molecule has 3 heteroatoms. The molecule has 4 aliphatic carbocycles. The van der Waals surface area contributed by atoms with Gasteiger partial charge in [-0.15, -0.1) is 0 Å². The lowest BCUT2D eigenvalue weighted by Crippen LogP contribution is -2.54. The molecular formula is C27H46O3. The van der Waals surface area contributed by atoms with Crippen molar-refractivity contribution in [3.63, 3.8) is 0 Å². The first-order valence-electron chi connectivity index (χ1n) is 12.8. The molecule has 4 aliphatic rings. The Kier molecular flexibility index (Phi) is 5.99. The molecule has 0 aromatic carbocycles. The highest BCUT2D eigenvalue weighted by Crippen LogP contribution is 2.67. The monoisotopic (exact) mass is 418 g/mol. The van der Waals surface area contributed by atoms with Gasteiger partial charge in [0.1, 0.15) is 0 Å². The summed E-state index contributed by atoms with van der Waals surface area (Å²) in [6, 6.07) is 0. The molecule has 0 amide bonds. The fraction of sp³-hybridized carbons (Fsp3) is 0.926. The molecule has 2 unspecified atom stereocenters. The van der Waals surface area contributed by atoms with Crippen molar-refractivity contribution in [2.45, 2.75) is 117 Å². The predicted octanol–water partition coefficient (Wildman–Crippen LogP) is 5.47. The number of fused-ring (bicyclic) bond motifs is 5. The fourth-order valence-electron chi connectivity index (χ4n) is 8.66. The van der Waals surface area contributed by atoms with Crippen LogP contribution in [0.1, 0.15) is 98.8 Å². The van der Waals surface area contributed by atoms with Gasteiger partial charge in [-0.2, -0.15) is 0 Å². The highest BCUT2D eigenvalue weighted by molar-refractivity contribution is 5.27. The van der Waals surface area contributed by atoms with Gasteiger partial charge in [0, 0.05) is 0 Å². The first-order valence-corrected chi connectivity index (χ1v) is 12.8. The largest absolute Gasteiger partial charge is 0.393 e. The van der Waals surface area contributed by atoms with E-state index in [1.807, 2.05) is 13.8 Å². The summed E-state index contributed by atoms with van der Waals surface area (Å²) in [6.07, 6.45) is 12.6. The molecule has 3 nitrogen and oxygen atoms in total. The topological polar surface area (TPSA) is 60.7 Å². The number of aliphatic hydroxyl groups is 3. The average molecular weight is 419 g/mol. The van der Waals surface area contributed by atoms with Crippen LogP contribution in [0.4, 0.5) is 0 Å². The average Bonchev–Trinajstić information content (AvgIpc) is 2.99. The summed E-state index contributed by atoms with van der Waals surface area (Å²) in [5, 5.41) is 31.6. The summed E-state index contributed by atoms with van der Waals surface area (Å²) >= 11 is 0. The van der Waals surface area contributed by atoms with Crippen LogP contribution >= 0.6 is 0 Å². The Morgan fingerprint density at radius 1 is 1.07 bits per heavy atom. The first kappa shape index (κ1) is 22.8. The zero-order valence-electron chi connectivity index (χ0n) is 20.0. The van der Waals surface area contributed by atoms with Gasteiger partial charge in [0.05, 0.1) is 17.8 Å². The van der Waals surface area contributed by atoms with Crippen molar-refractivity contribution in [3.8, 4) is 0 Å². The van der Waals surface area contributed by atoms with Gasteiger partial charge in [0.15, 0.2) is 0 Å². The molecule has 4 rings (SSSR count). The van der Waals surface area contributed by atoms with Gasteiger partial charge >= 0.3 is 0 Å². The van der Waals surface area contributed by atoms with Crippen molar-refractivity contribution < 1.29 is 15.3 Å². The molecule has 0 saturated heterocycles. The van der Waals surface area contributed by atoms with Crippen LogP contribution in [0.25, 0.3) is 0 Å². The molecule has 0 radical (unpaired) electrons. The minimum atomic E-state index is -0.556. The number of aliphatic hydroxyl groups excluding tert-OH is 2. The Hall–Kier alpha value is -0.380. The van der Waals surface area contributed by atoms with E-state index in [0.717, 1.165) is 38.0 Å². The molecule has 0 aromatic heterocycles. The van der Waals surface area contributed by atoms with Gasteiger partial charge in [0.25, 0.3) is 0 Å². The minimum Gasteiger partial charge on any atom is -0.393 e. The number of hydrogen-bond donors (Lipinski definition) is 3. The van der Waals surface area contributed by atoms with E-state index >= 15 is 0 Å². The van der Waals surface area contributed by atoms with Crippen LogP contribution in [0, 0.1) is 40.4 Å². The second-order valence-electron chi connectivity index (χ2n) is 12.7. The van der Waals surface area contributed by atoms with Crippen molar-refractivity contribution in [2.24, 2.45) is 40.4 Å². The molecule has 9 atom stereocenters. The van der Waals surface area contributed by atoms with E-state index in [0.29, 0.717) is 29.1 Å². The van der Waals surface area contributed by atoms with Crippen LogP contribution < -0.4 is 0 Å².